The number of aromatic nitrogens is 2. The van der Waals surface area contributed by atoms with E-state index in [9.17, 15) is 9.90 Å². The number of benzene rings is 2. The van der Waals surface area contributed by atoms with Gasteiger partial charge in [-0.15, -0.1) is 0 Å². The average molecular weight is 348 g/mol. The predicted octanol–water partition coefficient (Wildman–Crippen LogP) is 4.59. The minimum Gasteiger partial charge on any atom is -0.478 e. The number of rotatable bonds is 5. The summed E-state index contributed by atoms with van der Waals surface area (Å²) >= 11 is 0. The summed E-state index contributed by atoms with van der Waals surface area (Å²) in [5.74, 6) is 0.753. The average Bonchev–Trinajstić information content (AvgIpc) is 2.59. The van der Waals surface area contributed by atoms with E-state index in [4.69, 9.17) is 0 Å². The fraction of sp³-hybridized carbons (Fsp3) is 0.150. The monoisotopic (exact) mass is 348 g/mol. The third-order valence-electron chi connectivity index (χ3n) is 4.13. The molecule has 1 heterocycles. The van der Waals surface area contributed by atoms with Crippen molar-refractivity contribution in [3.8, 4) is 0 Å². The van der Waals surface area contributed by atoms with Gasteiger partial charge in [0.2, 0.25) is 0 Å². The smallest absolute Gasteiger partial charge is 0.337 e. The van der Waals surface area contributed by atoms with Crippen molar-refractivity contribution >= 4 is 29.0 Å². The molecule has 0 atom stereocenters. The van der Waals surface area contributed by atoms with Crippen LogP contribution >= 0.6 is 0 Å². The molecule has 1 aromatic heterocycles. The first-order valence-electron chi connectivity index (χ1n) is 8.22. The first-order valence-corrected chi connectivity index (χ1v) is 8.22. The van der Waals surface area contributed by atoms with Crippen molar-refractivity contribution in [2.24, 2.45) is 0 Å². The Kier molecular flexibility index (Phi) is 4.84. The largest absolute Gasteiger partial charge is 0.478 e. The quantitative estimate of drug-likeness (QED) is 0.625. The summed E-state index contributed by atoms with van der Waals surface area (Å²) < 4.78 is 0. The topological polar surface area (TPSA) is 87.1 Å². The maximum absolute atomic E-state index is 11.4. The molecule has 0 aliphatic heterocycles. The Bertz CT molecular complexity index is 970. The number of anilines is 4. The van der Waals surface area contributed by atoms with Crippen LogP contribution in [0.3, 0.4) is 0 Å². The summed E-state index contributed by atoms with van der Waals surface area (Å²) in [6.07, 6.45) is 0. The van der Waals surface area contributed by atoms with Gasteiger partial charge in [-0.2, -0.15) is 0 Å². The van der Waals surface area contributed by atoms with E-state index < -0.39 is 5.97 Å². The highest BCUT2D eigenvalue weighted by Gasteiger charge is 2.11. The van der Waals surface area contributed by atoms with Gasteiger partial charge in [-0.3, -0.25) is 0 Å². The molecule has 0 saturated carbocycles. The number of hydrogen-bond acceptors (Lipinski definition) is 5. The van der Waals surface area contributed by atoms with Crippen molar-refractivity contribution in [2.75, 3.05) is 10.6 Å². The number of aromatic carboxylic acids is 1. The maximum atomic E-state index is 11.4. The van der Waals surface area contributed by atoms with Gasteiger partial charge in [0.15, 0.2) is 0 Å². The second kappa shape index (κ2) is 7.23. The zero-order chi connectivity index (χ0) is 18.7. The van der Waals surface area contributed by atoms with E-state index in [1.54, 1.807) is 37.3 Å². The molecule has 3 rings (SSSR count). The van der Waals surface area contributed by atoms with Gasteiger partial charge in [0.25, 0.3) is 0 Å². The number of para-hydroxylation sites is 1. The second-order valence-electron chi connectivity index (χ2n) is 6.03. The summed E-state index contributed by atoms with van der Waals surface area (Å²) in [7, 11) is 0. The summed E-state index contributed by atoms with van der Waals surface area (Å²) in [5, 5.41) is 15.7. The number of carboxylic acid groups (broad SMARTS) is 1. The first kappa shape index (κ1) is 17.4. The van der Waals surface area contributed by atoms with Gasteiger partial charge in [-0.1, -0.05) is 24.3 Å². The lowest BCUT2D eigenvalue weighted by molar-refractivity contribution is 0.0698. The fourth-order valence-corrected chi connectivity index (χ4v) is 2.64. The van der Waals surface area contributed by atoms with Gasteiger partial charge < -0.3 is 15.7 Å². The molecular weight excluding hydrogens is 328 g/mol. The van der Waals surface area contributed by atoms with Crippen LogP contribution in [0.5, 0.6) is 0 Å². The van der Waals surface area contributed by atoms with Crippen molar-refractivity contribution in [3.05, 3.63) is 71.0 Å². The van der Waals surface area contributed by atoms with E-state index in [0.717, 1.165) is 11.3 Å². The van der Waals surface area contributed by atoms with Crippen molar-refractivity contribution in [1.29, 1.82) is 0 Å². The lowest BCUT2D eigenvalue weighted by Gasteiger charge is -2.13. The van der Waals surface area contributed by atoms with E-state index in [0.29, 0.717) is 23.1 Å². The third-order valence-corrected chi connectivity index (χ3v) is 4.13. The van der Waals surface area contributed by atoms with Gasteiger partial charge in [0.05, 0.1) is 11.3 Å². The molecule has 26 heavy (non-hydrogen) atoms. The van der Waals surface area contributed by atoms with E-state index >= 15 is 0 Å². The van der Waals surface area contributed by atoms with Crippen molar-refractivity contribution in [1.82, 2.24) is 9.97 Å². The Morgan fingerprint density at radius 2 is 1.50 bits per heavy atom. The van der Waals surface area contributed by atoms with Gasteiger partial charge in [0, 0.05) is 11.8 Å². The van der Waals surface area contributed by atoms with Gasteiger partial charge in [0.1, 0.15) is 17.5 Å². The molecule has 6 nitrogen and oxygen atoms in total. The molecule has 3 N–H and O–H groups in total. The Balaban J connectivity index is 1.91. The molecule has 3 aromatic rings. The predicted molar refractivity (Wildman–Crippen MR) is 103 cm³/mol. The number of carboxylic acids is 1. The van der Waals surface area contributed by atoms with Gasteiger partial charge in [-0.25, -0.2) is 14.8 Å². The van der Waals surface area contributed by atoms with Crippen molar-refractivity contribution in [2.45, 2.75) is 20.8 Å². The summed E-state index contributed by atoms with van der Waals surface area (Å²) in [6, 6.07) is 14.5. The first-order chi connectivity index (χ1) is 12.4. The van der Waals surface area contributed by atoms with Crippen LogP contribution in [0.2, 0.25) is 0 Å². The summed E-state index contributed by atoms with van der Waals surface area (Å²) in [4.78, 5) is 20.1. The van der Waals surface area contributed by atoms with Crippen LogP contribution in [0.25, 0.3) is 0 Å². The number of hydrogen-bond donors (Lipinski definition) is 3. The Morgan fingerprint density at radius 1 is 0.885 bits per heavy atom. The van der Waals surface area contributed by atoms with E-state index in [2.05, 4.69) is 33.6 Å². The molecule has 2 aromatic carbocycles. The molecule has 0 aliphatic carbocycles. The molecule has 0 bridgehead atoms. The van der Waals surface area contributed by atoms with Crippen LogP contribution in [-0.2, 0) is 0 Å². The molecule has 6 heteroatoms. The fourth-order valence-electron chi connectivity index (χ4n) is 2.64. The molecule has 0 fully saturated rings. The zero-order valence-electron chi connectivity index (χ0n) is 14.9. The normalized spacial score (nSPS) is 10.4. The molecular formula is C20H20N4O2. The highest BCUT2D eigenvalue weighted by Crippen LogP contribution is 2.25. The highest BCUT2D eigenvalue weighted by atomic mass is 16.4. The van der Waals surface area contributed by atoms with Crippen molar-refractivity contribution < 1.29 is 9.90 Å². The maximum Gasteiger partial charge on any atom is 0.337 e. The molecule has 0 radical (unpaired) electrons. The van der Waals surface area contributed by atoms with E-state index in [1.165, 1.54) is 5.56 Å². The summed E-state index contributed by atoms with van der Waals surface area (Å²) in [5.41, 5.74) is 3.98. The Hall–Kier alpha value is -3.41. The number of nitrogens with one attached hydrogen (secondary N) is 2. The molecule has 132 valence electrons. The zero-order valence-corrected chi connectivity index (χ0v) is 14.9. The van der Waals surface area contributed by atoms with E-state index in [-0.39, 0.29) is 5.56 Å². The van der Waals surface area contributed by atoms with Crippen LogP contribution in [0.1, 0.15) is 27.3 Å². The molecule has 0 aliphatic rings. The Morgan fingerprint density at radius 3 is 2.19 bits per heavy atom. The van der Waals surface area contributed by atoms with Gasteiger partial charge in [-0.05, 0) is 50.1 Å². The standard InChI is InChI=1S/C20H20N4O2/c1-12-7-6-10-16(13(12)2)23-18-11-19(22-14(3)21-18)24-17-9-5-4-8-15(17)20(25)26/h4-11H,1-3H3,(H,25,26)(H2,21,22,23,24). The molecule has 0 spiro atoms. The lowest BCUT2D eigenvalue weighted by Crippen LogP contribution is -2.05. The minimum atomic E-state index is -0.993. The molecule has 0 amide bonds. The highest BCUT2D eigenvalue weighted by molar-refractivity contribution is 5.95. The van der Waals surface area contributed by atoms with Crippen LogP contribution in [-0.4, -0.2) is 21.0 Å². The SMILES string of the molecule is Cc1nc(Nc2ccccc2C(=O)O)cc(Nc2cccc(C)c2C)n1. The third kappa shape index (κ3) is 3.80. The van der Waals surface area contributed by atoms with Crippen molar-refractivity contribution in [3.63, 3.8) is 0 Å². The van der Waals surface area contributed by atoms with Gasteiger partial charge >= 0.3 is 5.97 Å². The van der Waals surface area contributed by atoms with Crippen LogP contribution in [0, 0.1) is 20.8 Å². The van der Waals surface area contributed by atoms with Crippen LogP contribution < -0.4 is 10.6 Å². The number of carbonyl (C=O) groups is 1. The number of aryl methyl sites for hydroxylation is 2. The minimum absolute atomic E-state index is 0.188. The van der Waals surface area contributed by atoms with Crippen LogP contribution in [0.4, 0.5) is 23.0 Å². The molecule has 0 unspecified atom stereocenters. The van der Waals surface area contributed by atoms with Crippen LogP contribution in [0.15, 0.2) is 48.5 Å². The summed E-state index contributed by atoms with van der Waals surface area (Å²) in [6.45, 7) is 5.90. The van der Waals surface area contributed by atoms with E-state index in [1.807, 2.05) is 19.1 Å². The number of nitrogens with zero attached hydrogens (tertiary/aromatic N) is 2. The lowest BCUT2D eigenvalue weighted by atomic mass is 10.1. The molecule has 0 saturated heterocycles. The second-order valence-corrected chi connectivity index (χ2v) is 6.03. The Labute approximate surface area is 152 Å².